The van der Waals surface area contributed by atoms with Crippen LogP contribution in [0.4, 0.5) is 5.69 Å². The number of ether oxygens (including phenoxy) is 2. The molecular formula is C23H25N3O3. The molecule has 150 valence electrons. The zero-order valence-corrected chi connectivity index (χ0v) is 16.3. The van der Waals surface area contributed by atoms with Crippen LogP contribution < -0.4 is 14.8 Å². The van der Waals surface area contributed by atoms with E-state index >= 15 is 0 Å². The third kappa shape index (κ3) is 3.80. The molecule has 0 aliphatic carbocycles. The van der Waals surface area contributed by atoms with E-state index < -0.39 is 0 Å². The maximum atomic E-state index is 12.5. The number of para-hydroxylation sites is 1. The lowest BCUT2D eigenvalue weighted by atomic mass is 9.89. The molecule has 6 nitrogen and oxygen atoms in total. The van der Waals surface area contributed by atoms with Crippen LogP contribution in [-0.2, 0) is 4.79 Å². The Balaban J connectivity index is 1.16. The zero-order valence-electron chi connectivity index (χ0n) is 16.3. The molecule has 0 atom stereocenters. The van der Waals surface area contributed by atoms with Crippen LogP contribution in [-0.4, -0.2) is 48.6 Å². The molecule has 1 amide bonds. The van der Waals surface area contributed by atoms with Gasteiger partial charge in [-0.1, -0.05) is 18.2 Å². The molecule has 2 aliphatic heterocycles. The Morgan fingerprint density at radius 2 is 1.86 bits per heavy atom. The van der Waals surface area contributed by atoms with Gasteiger partial charge in [-0.05, 0) is 55.6 Å². The number of hydrogen-bond acceptors (Lipinski definition) is 4. The lowest BCUT2D eigenvalue weighted by Crippen LogP contribution is -2.38. The molecule has 1 aromatic heterocycles. The second kappa shape index (κ2) is 7.79. The summed E-state index contributed by atoms with van der Waals surface area (Å²) in [7, 11) is 0. The van der Waals surface area contributed by atoms with Crippen molar-refractivity contribution >= 4 is 22.5 Å². The highest BCUT2D eigenvalue weighted by atomic mass is 16.6. The molecule has 6 heteroatoms. The maximum Gasteiger partial charge on any atom is 0.238 e. The second-order valence-electron chi connectivity index (χ2n) is 7.75. The van der Waals surface area contributed by atoms with Crippen LogP contribution in [0.15, 0.2) is 48.7 Å². The average Bonchev–Trinajstić information content (AvgIpc) is 3.18. The van der Waals surface area contributed by atoms with E-state index in [4.69, 9.17) is 9.47 Å². The van der Waals surface area contributed by atoms with Crippen molar-refractivity contribution in [2.45, 2.75) is 18.8 Å². The minimum atomic E-state index is 0.00669. The number of rotatable bonds is 4. The minimum absolute atomic E-state index is 0.00669. The van der Waals surface area contributed by atoms with E-state index in [2.05, 4.69) is 45.7 Å². The summed E-state index contributed by atoms with van der Waals surface area (Å²) in [5.74, 6) is 1.97. The van der Waals surface area contributed by atoms with Crippen molar-refractivity contribution in [3.63, 3.8) is 0 Å². The summed E-state index contributed by atoms with van der Waals surface area (Å²) in [6, 6.07) is 14.0. The molecule has 1 fully saturated rings. The summed E-state index contributed by atoms with van der Waals surface area (Å²) in [6.45, 7) is 3.37. The van der Waals surface area contributed by atoms with Gasteiger partial charge in [-0.25, -0.2) is 0 Å². The summed E-state index contributed by atoms with van der Waals surface area (Å²) < 4.78 is 11.1. The van der Waals surface area contributed by atoms with Gasteiger partial charge in [-0.2, -0.15) is 0 Å². The molecule has 2 N–H and O–H groups in total. The molecule has 1 saturated heterocycles. The normalized spacial score (nSPS) is 17.4. The molecule has 29 heavy (non-hydrogen) atoms. The summed E-state index contributed by atoms with van der Waals surface area (Å²) in [5, 5.41) is 4.30. The lowest BCUT2D eigenvalue weighted by Gasteiger charge is -2.31. The summed E-state index contributed by atoms with van der Waals surface area (Å²) in [4.78, 5) is 18.1. The molecule has 0 unspecified atom stereocenters. The van der Waals surface area contributed by atoms with Gasteiger partial charge in [0.25, 0.3) is 0 Å². The molecule has 2 aliphatic rings. The van der Waals surface area contributed by atoms with E-state index in [1.54, 1.807) is 0 Å². The van der Waals surface area contributed by atoms with Gasteiger partial charge in [0.2, 0.25) is 5.91 Å². The van der Waals surface area contributed by atoms with Gasteiger partial charge in [-0.15, -0.1) is 0 Å². The number of carbonyl (C=O) groups is 1. The van der Waals surface area contributed by atoms with Crippen LogP contribution in [0.2, 0.25) is 0 Å². The van der Waals surface area contributed by atoms with Crippen LogP contribution >= 0.6 is 0 Å². The number of carbonyl (C=O) groups excluding carboxylic acids is 1. The molecule has 5 rings (SSSR count). The number of piperidine rings is 1. The largest absolute Gasteiger partial charge is 0.486 e. The number of hydrogen-bond donors (Lipinski definition) is 2. The van der Waals surface area contributed by atoms with E-state index in [9.17, 15) is 4.79 Å². The molecule has 0 radical (unpaired) electrons. The first-order valence-corrected chi connectivity index (χ1v) is 10.2. The van der Waals surface area contributed by atoms with Crippen LogP contribution in [0.3, 0.4) is 0 Å². The third-order valence-corrected chi connectivity index (χ3v) is 5.84. The number of aromatic nitrogens is 1. The number of nitrogens with zero attached hydrogens (tertiary/aromatic N) is 1. The van der Waals surface area contributed by atoms with Crippen molar-refractivity contribution in [3.8, 4) is 11.5 Å². The highest BCUT2D eigenvalue weighted by molar-refractivity contribution is 5.92. The monoisotopic (exact) mass is 391 g/mol. The minimum Gasteiger partial charge on any atom is -0.486 e. The molecule has 2 aromatic carbocycles. The van der Waals surface area contributed by atoms with Crippen LogP contribution in [0, 0.1) is 0 Å². The van der Waals surface area contributed by atoms with Gasteiger partial charge in [0.15, 0.2) is 11.5 Å². The maximum absolute atomic E-state index is 12.5. The second-order valence-corrected chi connectivity index (χ2v) is 7.75. The Morgan fingerprint density at radius 1 is 1.07 bits per heavy atom. The van der Waals surface area contributed by atoms with Gasteiger partial charge in [-0.3, -0.25) is 9.69 Å². The molecule has 3 aromatic rings. The standard InChI is InChI=1S/C23H25N3O3/c27-23(25-17-5-6-21-22(13-17)29-12-11-28-21)15-26-9-7-16(8-10-26)19-14-24-20-4-2-1-3-18(19)20/h1-6,13-14,16,24H,7-12,15H2,(H,25,27). The average molecular weight is 391 g/mol. The molecule has 3 heterocycles. The van der Waals surface area contributed by atoms with Crippen molar-refractivity contribution in [3.05, 3.63) is 54.2 Å². The number of benzene rings is 2. The van der Waals surface area contributed by atoms with Crippen molar-refractivity contribution < 1.29 is 14.3 Å². The van der Waals surface area contributed by atoms with Crippen molar-refractivity contribution in [1.82, 2.24) is 9.88 Å². The number of nitrogens with one attached hydrogen (secondary N) is 2. The zero-order chi connectivity index (χ0) is 19.6. The fourth-order valence-corrected chi connectivity index (χ4v) is 4.36. The van der Waals surface area contributed by atoms with E-state index in [-0.39, 0.29) is 5.91 Å². The first kappa shape index (κ1) is 18.1. The smallest absolute Gasteiger partial charge is 0.238 e. The summed E-state index contributed by atoms with van der Waals surface area (Å²) in [6.07, 6.45) is 4.29. The fourth-order valence-electron chi connectivity index (χ4n) is 4.36. The molecular weight excluding hydrogens is 366 g/mol. The molecule has 0 bridgehead atoms. The number of amides is 1. The number of aromatic amines is 1. The van der Waals surface area contributed by atoms with Crippen LogP contribution in [0.5, 0.6) is 11.5 Å². The third-order valence-electron chi connectivity index (χ3n) is 5.84. The van der Waals surface area contributed by atoms with E-state index in [0.717, 1.165) is 37.4 Å². The Labute approximate surface area is 169 Å². The summed E-state index contributed by atoms with van der Waals surface area (Å²) >= 11 is 0. The van der Waals surface area contributed by atoms with E-state index in [0.29, 0.717) is 31.4 Å². The van der Waals surface area contributed by atoms with Crippen molar-refractivity contribution in [2.24, 2.45) is 0 Å². The first-order chi connectivity index (χ1) is 14.3. The fraction of sp³-hybridized carbons (Fsp3) is 0.348. The lowest BCUT2D eigenvalue weighted by molar-refractivity contribution is -0.117. The molecule has 0 spiro atoms. The predicted octanol–water partition coefficient (Wildman–Crippen LogP) is 3.76. The van der Waals surface area contributed by atoms with Crippen molar-refractivity contribution in [1.29, 1.82) is 0 Å². The predicted molar refractivity (Wildman–Crippen MR) is 113 cm³/mol. The van der Waals surface area contributed by atoms with E-state index in [1.807, 2.05) is 18.2 Å². The first-order valence-electron chi connectivity index (χ1n) is 10.2. The molecule has 0 saturated carbocycles. The summed E-state index contributed by atoms with van der Waals surface area (Å²) in [5.41, 5.74) is 3.35. The van der Waals surface area contributed by atoms with Gasteiger partial charge < -0.3 is 19.8 Å². The number of anilines is 1. The SMILES string of the molecule is O=C(CN1CCC(c2c[nH]c3ccccc23)CC1)Nc1ccc2c(c1)OCCO2. The highest BCUT2D eigenvalue weighted by Gasteiger charge is 2.24. The van der Waals surface area contributed by atoms with Gasteiger partial charge in [0, 0.05) is 28.9 Å². The Bertz CT molecular complexity index is 1020. The number of fused-ring (bicyclic) bond motifs is 2. The van der Waals surface area contributed by atoms with E-state index in [1.165, 1.54) is 16.5 Å². The number of H-pyrrole nitrogens is 1. The number of likely N-dealkylation sites (tertiary alicyclic amines) is 1. The van der Waals surface area contributed by atoms with Crippen molar-refractivity contribution in [2.75, 3.05) is 38.2 Å². The Hall–Kier alpha value is -2.99. The topological polar surface area (TPSA) is 66.6 Å². The van der Waals surface area contributed by atoms with Gasteiger partial charge in [0.05, 0.1) is 6.54 Å². The quantitative estimate of drug-likeness (QED) is 0.711. The van der Waals surface area contributed by atoms with Crippen LogP contribution in [0.1, 0.15) is 24.3 Å². The Morgan fingerprint density at radius 3 is 2.72 bits per heavy atom. The van der Waals surface area contributed by atoms with Crippen LogP contribution in [0.25, 0.3) is 10.9 Å². The van der Waals surface area contributed by atoms with Gasteiger partial charge in [0.1, 0.15) is 13.2 Å². The van der Waals surface area contributed by atoms with Gasteiger partial charge >= 0.3 is 0 Å². The Kier molecular flexibility index (Phi) is 4.86. The highest BCUT2D eigenvalue weighted by Crippen LogP contribution is 2.34.